The highest BCUT2D eigenvalue weighted by atomic mass is 79.9. The topological polar surface area (TPSA) is 20.3 Å². The number of nitrogens with zero attached hydrogens (tertiary/aromatic N) is 1. The second kappa shape index (κ2) is 5.77. The lowest BCUT2D eigenvalue weighted by Gasteiger charge is -2.25. The van der Waals surface area contributed by atoms with Crippen LogP contribution >= 0.6 is 27.7 Å². The lowest BCUT2D eigenvalue weighted by Crippen LogP contribution is -2.29. The van der Waals surface area contributed by atoms with Gasteiger partial charge in [0.1, 0.15) is 22.7 Å². The quantitative estimate of drug-likeness (QED) is 0.776. The third-order valence-corrected chi connectivity index (χ3v) is 5.13. The summed E-state index contributed by atoms with van der Waals surface area (Å²) in [5.41, 5.74) is 0.532. The summed E-state index contributed by atoms with van der Waals surface area (Å²) in [5.74, 6) is -1.57. The summed E-state index contributed by atoms with van der Waals surface area (Å²) in [6, 6.07) is 11.0. The second-order valence-electron chi connectivity index (χ2n) is 4.52. The van der Waals surface area contributed by atoms with E-state index < -0.39 is 17.0 Å². The van der Waals surface area contributed by atoms with Crippen LogP contribution in [0.3, 0.4) is 0 Å². The van der Waals surface area contributed by atoms with Gasteiger partial charge in [0.05, 0.1) is 5.75 Å². The van der Waals surface area contributed by atoms with E-state index in [4.69, 9.17) is 0 Å². The first kappa shape index (κ1) is 14.5. The summed E-state index contributed by atoms with van der Waals surface area (Å²) >= 11 is 4.78. The van der Waals surface area contributed by atoms with Crippen LogP contribution in [-0.4, -0.2) is 11.7 Å². The first-order valence-corrected chi connectivity index (χ1v) is 8.06. The molecule has 6 heteroatoms. The molecule has 1 aliphatic rings. The van der Waals surface area contributed by atoms with Crippen LogP contribution in [0.4, 0.5) is 14.5 Å². The first-order chi connectivity index (χ1) is 10.1. The van der Waals surface area contributed by atoms with E-state index >= 15 is 0 Å². The van der Waals surface area contributed by atoms with E-state index in [0.717, 1.165) is 22.2 Å². The molecule has 1 saturated heterocycles. The smallest absolute Gasteiger partial charge is 0.238 e. The molecule has 21 heavy (non-hydrogen) atoms. The molecule has 1 amide bonds. The molecule has 0 bridgehead atoms. The van der Waals surface area contributed by atoms with Gasteiger partial charge in [-0.1, -0.05) is 40.2 Å². The van der Waals surface area contributed by atoms with Crippen molar-refractivity contribution in [3.63, 3.8) is 0 Å². The summed E-state index contributed by atoms with van der Waals surface area (Å²) in [5, 5.41) is -0.445. The Morgan fingerprint density at radius 1 is 1.10 bits per heavy atom. The van der Waals surface area contributed by atoms with Crippen molar-refractivity contribution in [1.82, 2.24) is 0 Å². The van der Waals surface area contributed by atoms with Crippen LogP contribution < -0.4 is 4.90 Å². The van der Waals surface area contributed by atoms with Crippen molar-refractivity contribution in [2.24, 2.45) is 0 Å². The Morgan fingerprint density at radius 3 is 2.43 bits per heavy atom. The summed E-state index contributed by atoms with van der Waals surface area (Å²) in [6.07, 6.45) is 0. The van der Waals surface area contributed by atoms with E-state index in [9.17, 15) is 13.6 Å². The van der Waals surface area contributed by atoms with E-state index in [1.54, 1.807) is 0 Å². The number of para-hydroxylation sites is 1. The summed E-state index contributed by atoms with van der Waals surface area (Å²) in [7, 11) is 0. The summed E-state index contributed by atoms with van der Waals surface area (Å²) in [6.45, 7) is 0. The van der Waals surface area contributed by atoms with E-state index in [-0.39, 0.29) is 17.3 Å². The van der Waals surface area contributed by atoms with Gasteiger partial charge in [0.15, 0.2) is 0 Å². The van der Waals surface area contributed by atoms with Crippen molar-refractivity contribution in [1.29, 1.82) is 0 Å². The third-order valence-electron chi connectivity index (χ3n) is 3.22. The number of carbonyl (C=O) groups is 1. The van der Waals surface area contributed by atoms with Gasteiger partial charge in [0.25, 0.3) is 0 Å². The number of benzene rings is 2. The number of halogens is 3. The molecule has 1 fully saturated rings. The maximum atomic E-state index is 14.0. The van der Waals surface area contributed by atoms with Crippen molar-refractivity contribution in [2.75, 3.05) is 10.7 Å². The molecule has 0 aliphatic carbocycles. The van der Waals surface area contributed by atoms with Gasteiger partial charge in [0.2, 0.25) is 5.91 Å². The standard InChI is InChI=1S/C15H10BrF2NOS/c16-10-5-2-1-4-9(10)15-19(13(20)8-21-15)14-11(17)6-3-7-12(14)18/h1-7,15H,8H2. The fourth-order valence-corrected chi connectivity index (χ4v) is 4.14. The Labute approximate surface area is 133 Å². The molecule has 108 valence electrons. The molecule has 1 unspecified atom stereocenters. The fourth-order valence-electron chi connectivity index (χ4n) is 2.29. The molecule has 1 heterocycles. The molecule has 0 aromatic heterocycles. The maximum Gasteiger partial charge on any atom is 0.238 e. The zero-order chi connectivity index (χ0) is 15.0. The highest BCUT2D eigenvalue weighted by Gasteiger charge is 2.37. The molecule has 2 aromatic rings. The minimum atomic E-state index is -0.733. The molecule has 1 aliphatic heterocycles. The molecule has 2 nitrogen and oxygen atoms in total. The molecular weight excluding hydrogens is 360 g/mol. The summed E-state index contributed by atoms with van der Waals surface area (Å²) < 4.78 is 28.8. The molecule has 2 aromatic carbocycles. The average molecular weight is 370 g/mol. The van der Waals surface area contributed by atoms with E-state index in [2.05, 4.69) is 15.9 Å². The molecular formula is C15H10BrF2NOS. The first-order valence-electron chi connectivity index (χ1n) is 6.21. The highest BCUT2D eigenvalue weighted by molar-refractivity contribution is 9.10. The predicted molar refractivity (Wildman–Crippen MR) is 83.2 cm³/mol. The van der Waals surface area contributed by atoms with Crippen LogP contribution in [0.2, 0.25) is 0 Å². The highest BCUT2D eigenvalue weighted by Crippen LogP contribution is 2.45. The van der Waals surface area contributed by atoms with Gasteiger partial charge in [-0.2, -0.15) is 0 Å². The lowest BCUT2D eigenvalue weighted by atomic mass is 10.2. The van der Waals surface area contributed by atoms with Crippen LogP contribution in [0.1, 0.15) is 10.9 Å². The van der Waals surface area contributed by atoms with Gasteiger partial charge in [-0.05, 0) is 23.8 Å². The zero-order valence-electron chi connectivity index (χ0n) is 10.7. The van der Waals surface area contributed by atoms with Gasteiger partial charge in [0, 0.05) is 4.47 Å². The van der Waals surface area contributed by atoms with Crippen molar-refractivity contribution >= 4 is 39.3 Å². The SMILES string of the molecule is O=C1CSC(c2ccccc2Br)N1c1c(F)cccc1F. The van der Waals surface area contributed by atoms with Crippen LogP contribution in [-0.2, 0) is 4.79 Å². The number of anilines is 1. The van der Waals surface area contributed by atoms with Crippen molar-refractivity contribution in [2.45, 2.75) is 5.37 Å². The van der Waals surface area contributed by atoms with Gasteiger partial charge < -0.3 is 0 Å². The summed E-state index contributed by atoms with van der Waals surface area (Å²) in [4.78, 5) is 13.3. The second-order valence-corrected chi connectivity index (χ2v) is 6.44. The largest absolute Gasteiger partial charge is 0.290 e. The minimum absolute atomic E-state index is 0.194. The normalized spacial score (nSPS) is 18.3. The Bertz CT molecular complexity index is 690. The number of hydrogen-bond acceptors (Lipinski definition) is 2. The number of carbonyl (C=O) groups excluding carboxylic acids is 1. The van der Waals surface area contributed by atoms with Crippen LogP contribution in [0.25, 0.3) is 0 Å². The van der Waals surface area contributed by atoms with Crippen LogP contribution in [0.15, 0.2) is 46.9 Å². The predicted octanol–water partition coefficient (Wildman–Crippen LogP) is 4.51. The minimum Gasteiger partial charge on any atom is -0.290 e. The number of thioether (sulfide) groups is 1. The Morgan fingerprint density at radius 2 is 1.76 bits per heavy atom. The van der Waals surface area contributed by atoms with Crippen LogP contribution in [0.5, 0.6) is 0 Å². The van der Waals surface area contributed by atoms with E-state index in [0.29, 0.717) is 0 Å². The molecule has 3 rings (SSSR count). The Balaban J connectivity index is 2.11. The lowest BCUT2D eigenvalue weighted by molar-refractivity contribution is -0.115. The molecule has 0 spiro atoms. The van der Waals surface area contributed by atoms with Crippen LogP contribution in [0, 0.1) is 11.6 Å². The average Bonchev–Trinajstić information content (AvgIpc) is 2.81. The molecule has 1 atom stereocenters. The zero-order valence-corrected chi connectivity index (χ0v) is 13.1. The Kier molecular flexibility index (Phi) is 3.99. The van der Waals surface area contributed by atoms with Gasteiger partial charge >= 0.3 is 0 Å². The molecule has 0 radical (unpaired) electrons. The van der Waals surface area contributed by atoms with E-state index in [1.165, 1.54) is 22.7 Å². The Hall–Kier alpha value is -1.40. The van der Waals surface area contributed by atoms with Crippen molar-refractivity contribution in [3.8, 4) is 0 Å². The number of rotatable bonds is 2. The van der Waals surface area contributed by atoms with Crippen molar-refractivity contribution in [3.05, 3.63) is 64.1 Å². The molecule has 0 saturated carbocycles. The third kappa shape index (κ3) is 2.58. The number of amides is 1. The maximum absolute atomic E-state index is 14.0. The van der Waals surface area contributed by atoms with Gasteiger partial charge in [-0.15, -0.1) is 11.8 Å². The van der Waals surface area contributed by atoms with Gasteiger partial charge in [-0.3, -0.25) is 9.69 Å². The molecule has 0 N–H and O–H groups in total. The number of hydrogen-bond donors (Lipinski definition) is 0. The van der Waals surface area contributed by atoms with Crippen molar-refractivity contribution < 1.29 is 13.6 Å². The fraction of sp³-hybridized carbons (Fsp3) is 0.133. The van der Waals surface area contributed by atoms with Gasteiger partial charge in [-0.25, -0.2) is 8.78 Å². The monoisotopic (exact) mass is 369 g/mol. The van der Waals surface area contributed by atoms with E-state index in [1.807, 2.05) is 24.3 Å².